The van der Waals surface area contributed by atoms with Gasteiger partial charge in [-0.25, -0.2) is 0 Å². The van der Waals surface area contributed by atoms with E-state index in [0.29, 0.717) is 24.4 Å². The minimum Gasteiger partial charge on any atom is -0.493 e. The highest BCUT2D eigenvalue weighted by molar-refractivity contribution is 5.98. The van der Waals surface area contributed by atoms with Gasteiger partial charge in [0.2, 0.25) is 0 Å². The third kappa shape index (κ3) is 4.17. The van der Waals surface area contributed by atoms with Crippen LogP contribution in [-0.4, -0.2) is 48.2 Å². The molecule has 0 unspecified atom stereocenters. The Hall–Kier alpha value is -1.62. The summed E-state index contributed by atoms with van der Waals surface area (Å²) in [5.41, 5.74) is 1.86. The van der Waals surface area contributed by atoms with E-state index >= 15 is 0 Å². The highest BCUT2D eigenvalue weighted by Gasteiger charge is 2.20. The molecule has 1 aromatic rings. The number of carbonyl (C=O) groups excluding carboxylic acids is 1. The topological polar surface area (TPSA) is 47.4 Å². The van der Waals surface area contributed by atoms with Crippen LogP contribution in [0.1, 0.15) is 42.6 Å². The molecule has 1 aliphatic rings. The van der Waals surface area contributed by atoms with E-state index in [1.165, 1.54) is 18.4 Å². The van der Waals surface area contributed by atoms with Crippen molar-refractivity contribution < 1.29 is 9.53 Å². The van der Waals surface area contributed by atoms with Gasteiger partial charge in [0.25, 0.3) is 0 Å². The van der Waals surface area contributed by atoms with E-state index in [-0.39, 0.29) is 5.78 Å². The lowest BCUT2D eigenvalue weighted by Gasteiger charge is -2.14. The van der Waals surface area contributed by atoms with E-state index in [9.17, 15) is 4.79 Å². The van der Waals surface area contributed by atoms with Gasteiger partial charge in [0.15, 0.2) is 11.5 Å². The first-order chi connectivity index (χ1) is 10.1. The molecule has 0 saturated carbocycles. The van der Waals surface area contributed by atoms with E-state index in [1.54, 1.807) is 18.0 Å². The molecule has 5 nitrogen and oxygen atoms in total. The SMILES string of the molecule is COc1cnn(CCN(C)C)c1C(=O)CC1=CCCCC1. The lowest BCUT2D eigenvalue weighted by atomic mass is 9.95. The van der Waals surface area contributed by atoms with Crippen LogP contribution in [0.5, 0.6) is 5.75 Å². The van der Waals surface area contributed by atoms with E-state index in [4.69, 9.17) is 4.74 Å². The number of rotatable bonds is 7. The van der Waals surface area contributed by atoms with Gasteiger partial charge >= 0.3 is 0 Å². The third-order valence-electron chi connectivity index (χ3n) is 3.82. The zero-order valence-corrected chi connectivity index (χ0v) is 13.3. The van der Waals surface area contributed by atoms with Crippen molar-refractivity contribution in [2.24, 2.45) is 0 Å². The monoisotopic (exact) mass is 291 g/mol. The standard InChI is InChI=1S/C16H25N3O2/c1-18(2)9-10-19-16(15(21-3)12-17-19)14(20)11-13-7-5-4-6-8-13/h7,12H,4-6,8-11H2,1-3H3. The molecule has 0 saturated heterocycles. The summed E-state index contributed by atoms with van der Waals surface area (Å²) in [6.07, 6.45) is 8.91. The number of hydrogen-bond acceptors (Lipinski definition) is 4. The lowest BCUT2D eigenvalue weighted by molar-refractivity contribution is 0.0977. The van der Waals surface area contributed by atoms with Crippen molar-refractivity contribution in [1.82, 2.24) is 14.7 Å². The van der Waals surface area contributed by atoms with E-state index in [0.717, 1.165) is 19.4 Å². The smallest absolute Gasteiger partial charge is 0.188 e. The highest BCUT2D eigenvalue weighted by Crippen LogP contribution is 2.25. The molecule has 0 spiro atoms. The zero-order chi connectivity index (χ0) is 15.2. The van der Waals surface area contributed by atoms with Crippen LogP contribution in [0.2, 0.25) is 0 Å². The minimum atomic E-state index is 0.108. The molecule has 1 aliphatic carbocycles. The Labute approximate surface area is 126 Å². The average molecular weight is 291 g/mol. The fraction of sp³-hybridized carbons (Fsp3) is 0.625. The molecule has 2 rings (SSSR count). The number of ether oxygens (including phenoxy) is 1. The van der Waals surface area contributed by atoms with Gasteiger partial charge in [-0.3, -0.25) is 9.48 Å². The number of Topliss-reactive ketones (excluding diaryl/α,β-unsaturated/α-hetero) is 1. The summed E-state index contributed by atoms with van der Waals surface area (Å²) in [5.74, 6) is 0.687. The Morgan fingerprint density at radius 2 is 2.24 bits per heavy atom. The van der Waals surface area contributed by atoms with Crippen LogP contribution in [0, 0.1) is 0 Å². The number of carbonyl (C=O) groups is 1. The maximum Gasteiger partial charge on any atom is 0.188 e. The number of aromatic nitrogens is 2. The summed E-state index contributed by atoms with van der Waals surface area (Å²) >= 11 is 0. The zero-order valence-electron chi connectivity index (χ0n) is 13.3. The van der Waals surface area contributed by atoms with Gasteiger partial charge < -0.3 is 9.64 Å². The normalized spacial score (nSPS) is 15.1. The van der Waals surface area contributed by atoms with Gasteiger partial charge in [0.1, 0.15) is 5.69 Å². The van der Waals surface area contributed by atoms with Crippen LogP contribution in [0.15, 0.2) is 17.8 Å². The molecule has 0 fully saturated rings. The van der Waals surface area contributed by atoms with Crippen molar-refractivity contribution in [3.63, 3.8) is 0 Å². The number of methoxy groups -OCH3 is 1. The van der Waals surface area contributed by atoms with E-state index in [1.807, 2.05) is 14.1 Å². The molecule has 0 aliphatic heterocycles. The van der Waals surface area contributed by atoms with E-state index in [2.05, 4.69) is 16.1 Å². The molecule has 0 amide bonds. The van der Waals surface area contributed by atoms with Gasteiger partial charge in [-0.1, -0.05) is 11.6 Å². The predicted molar refractivity (Wildman–Crippen MR) is 82.8 cm³/mol. The lowest BCUT2D eigenvalue weighted by Crippen LogP contribution is -2.21. The van der Waals surface area contributed by atoms with Crippen LogP contribution >= 0.6 is 0 Å². The van der Waals surface area contributed by atoms with Crippen molar-refractivity contribution in [3.05, 3.63) is 23.5 Å². The highest BCUT2D eigenvalue weighted by atomic mass is 16.5. The van der Waals surface area contributed by atoms with Crippen molar-refractivity contribution in [3.8, 4) is 5.75 Å². The molecule has 21 heavy (non-hydrogen) atoms. The summed E-state index contributed by atoms with van der Waals surface area (Å²) in [6, 6.07) is 0. The van der Waals surface area contributed by atoms with Gasteiger partial charge in [0.05, 0.1) is 19.9 Å². The molecular weight excluding hydrogens is 266 g/mol. The molecule has 0 N–H and O–H groups in total. The summed E-state index contributed by atoms with van der Waals surface area (Å²) in [4.78, 5) is 14.7. The second-order valence-corrected chi connectivity index (χ2v) is 5.80. The average Bonchev–Trinajstić information content (AvgIpc) is 2.89. The first-order valence-electron chi connectivity index (χ1n) is 7.57. The Kier molecular flexibility index (Phi) is 5.56. The van der Waals surface area contributed by atoms with Crippen LogP contribution in [0.4, 0.5) is 0 Å². The molecule has 0 bridgehead atoms. The first kappa shape index (κ1) is 15.8. The van der Waals surface area contributed by atoms with Crippen molar-refractivity contribution in [1.29, 1.82) is 0 Å². The second-order valence-electron chi connectivity index (χ2n) is 5.80. The molecule has 1 aromatic heterocycles. The summed E-state index contributed by atoms with van der Waals surface area (Å²) in [5, 5.41) is 4.30. The van der Waals surface area contributed by atoms with Gasteiger partial charge in [-0.15, -0.1) is 0 Å². The number of likely N-dealkylation sites (N-methyl/N-ethyl adjacent to an activating group) is 1. The minimum absolute atomic E-state index is 0.108. The van der Waals surface area contributed by atoms with Crippen molar-refractivity contribution >= 4 is 5.78 Å². The molecule has 0 aromatic carbocycles. The van der Waals surface area contributed by atoms with Crippen LogP contribution in [0.3, 0.4) is 0 Å². The number of hydrogen-bond donors (Lipinski definition) is 0. The molecule has 0 atom stereocenters. The fourth-order valence-corrected chi connectivity index (χ4v) is 2.62. The van der Waals surface area contributed by atoms with Crippen molar-refractivity contribution in [2.45, 2.75) is 38.6 Å². The Morgan fingerprint density at radius 1 is 1.43 bits per heavy atom. The Morgan fingerprint density at radius 3 is 2.86 bits per heavy atom. The first-order valence-corrected chi connectivity index (χ1v) is 7.57. The molecule has 1 heterocycles. The predicted octanol–water partition coefficient (Wildman–Crippen LogP) is 2.53. The molecule has 5 heteroatoms. The summed E-state index contributed by atoms with van der Waals surface area (Å²) in [7, 11) is 5.61. The fourth-order valence-electron chi connectivity index (χ4n) is 2.62. The van der Waals surface area contributed by atoms with Crippen LogP contribution < -0.4 is 4.74 Å². The number of nitrogens with zero attached hydrogens (tertiary/aromatic N) is 3. The third-order valence-corrected chi connectivity index (χ3v) is 3.82. The maximum absolute atomic E-state index is 12.6. The summed E-state index contributed by atoms with van der Waals surface area (Å²) < 4.78 is 7.07. The largest absolute Gasteiger partial charge is 0.493 e. The van der Waals surface area contributed by atoms with Crippen LogP contribution in [-0.2, 0) is 6.54 Å². The number of ketones is 1. The van der Waals surface area contributed by atoms with Crippen LogP contribution in [0.25, 0.3) is 0 Å². The maximum atomic E-state index is 12.6. The molecule has 0 radical (unpaired) electrons. The molecular formula is C16H25N3O2. The Bertz CT molecular complexity index is 518. The van der Waals surface area contributed by atoms with Gasteiger partial charge in [-0.05, 0) is 39.8 Å². The van der Waals surface area contributed by atoms with Crippen molar-refractivity contribution in [2.75, 3.05) is 27.7 Å². The Balaban J connectivity index is 2.13. The number of allylic oxidation sites excluding steroid dienone is 2. The molecule has 116 valence electrons. The van der Waals surface area contributed by atoms with E-state index < -0.39 is 0 Å². The van der Waals surface area contributed by atoms with Gasteiger partial charge in [0, 0.05) is 13.0 Å². The second kappa shape index (κ2) is 7.41. The summed E-state index contributed by atoms with van der Waals surface area (Å²) in [6.45, 7) is 1.53. The quantitative estimate of drug-likeness (QED) is 0.572. The van der Waals surface area contributed by atoms with Gasteiger partial charge in [-0.2, -0.15) is 5.10 Å².